The number of anilines is 1. The highest BCUT2D eigenvalue weighted by Crippen LogP contribution is 2.34. The molecule has 0 unspecified atom stereocenters. The lowest BCUT2D eigenvalue weighted by Gasteiger charge is -2.37. The highest BCUT2D eigenvalue weighted by atomic mass is 35.5. The number of nitrogens with two attached hydrogens (primary N) is 1. The number of amides is 2. The average Bonchev–Trinajstić information content (AvgIpc) is 2.91. The first-order valence-electron chi connectivity index (χ1n) is 6.39. The number of rotatable bonds is 1. The van der Waals surface area contributed by atoms with Crippen molar-refractivity contribution < 1.29 is 4.79 Å². The monoisotopic (exact) mass is 288 g/mol. The van der Waals surface area contributed by atoms with Crippen molar-refractivity contribution >= 4 is 23.3 Å². The van der Waals surface area contributed by atoms with Gasteiger partial charge in [-0.2, -0.15) is 5.26 Å². The second-order valence-electron chi connectivity index (χ2n) is 4.86. The highest BCUT2D eigenvalue weighted by molar-refractivity contribution is 6.30. The number of urea groups is 1. The van der Waals surface area contributed by atoms with Crippen molar-refractivity contribution in [1.82, 2.24) is 4.90 Å². The van der Waals surface area contributed by atoms with E-state index in [0.29, 0.717) is 22.8 Å². The Hall–Kier alpha value is -2.19. The first-order chi connectivity index (χ1) is 9.63. The second-order valence-corrected chi connectivity index (χ2v) is 5.29. The van der Waals surface area contributed by atoms with Crippen molar-refractivity contribution in [3.8, 4) is 6.07 Å². The maximum atomic E-state index is 12.6. The Morgan fingerprint density at radius 1 is 1.35 bits per heavy atom. The molecule has 1 atom stereocenters. The first-order valence-corrected chi connectivity index (χ1v) is 6.77. The molecule has 0 aromatic heterocycles. The summed E-state index contributed by atoms with van der Waals surface area (Å²) in [5, 5.41) is 9.91. The summed E-state index contributed by atoms with van der Waals surface area (Å²) in [6, 6.07) is 8.63. The van der Waals surface area contributed by atoms with Crippen LogP contribution in [-0.4, -0.2) is 23.5 Å². The minimum atomic E-state index is -0.175. The van der Waals surface area contributed by atoms with Gasteiger partial charge >= 0.3 is 6.03 Å². The minimum Gasteiger partial charge on any atom is -0.384 e. The molecule has 0 saturated carbocycles. The van der Waals surface area contributed by atoms with E-state index in [0.717, 1.165) is 12.8 Å². The maximum absolute atomic E-state index is 12.6. The van der Waals surface area contributed by atoms with Crippen molar-refractivity contribution in [3.63, 3.8) is 0 Å². The number of carbonyl (C=O) groups excluding carboxylic acids is 1. The van der Waals surface area contributed by atoms with E-state index in [9.17, 15) is 10.1 Å². The number of benzene rings is 1. The van der Waals surface area contributed by atoms with Gasteiger partial charge in [-0.25, -0.2) is 9.69 Å². The molecule has 0 aliphatic carbocycles. The van der Waals surface area contributed by atoms with Gasteiger partial charge in [-0.1, -0.05) is 11.6 Å². The number of fused-ring (bicyclic) bond motifs is 1. The van der Waals surface area contributed by atoms with Gasteiger partial charge in [0.25, 0.3) is 0 Å². The van der Waals surface area contributed by atoms with Gasteiger partial charge < -0.3 is 10.6 Å². The van der Waals surface area contributed by atoms with Crippen molar-refractivity contribution in [2.45, 2.75) is 18.9 Å². The van der Waals surface area contributed by atoms with Crippen LogP contribution in [0, 0.1) is 11.3 Å². The summed E-state index contributed by atoms with van der Waals surface area (Å²) in [5.74, 6) is 0.225. The van der Waals surface area contributed by atoms with Crippen LogP contribution in [-0.2, 0) is 0 Å². The van der Waals surface area contributed by atoms with Gasteiger partial charge in [0.2, 0.25) is 0 Å². The van der Waals surface area contributed by atoms with Crippen LogP contribution >= 0.6 is 11.6 Å². The van der Waals surface area contributed by atoms with Crippen LogP contribution in [0.1, 0.15) is 12.8 Å². The topological polar surface area (TPSA) is 73.4 Å². The SMILES string of the molecule is N#CC1=C(N)N(c2ccc(Cl)cc2)C(=O)N2CCC[C@@H]12. The van der Waals surface area contributed by atoms with E-state index in [1.807, 2.05) is 0 Å². The molecule has 5 nitrogen and oxygen atoms in total. The summed E-state index contributed by atoms with van der Waals surface area (Å²) in [7, 11) is 0. The summed E-state index contributed by atoms with van der Waals surface area (Å²) in [5.41, 5.74) is 7.14. The molecule has 3 rings (SSSR count). The molecule has 1 saturated heterocycles. The van der Waals surface area contributed by atoms with E-state index in [-0.39, 0.29) is 17.9 Å². The smallest absolute Gasteiger partial charge is 0.330 e. The summed E-state index contributed by atoms with van der Waals surface area (Å²) in [6.07, 6.45) is 1.69. The minimum absolute atomic E-state index is 0.170. The first kappa shape index (κ1) is 12.8. The number of hydrogen-bond acceptors (Lipinski definition) is 3. The number of halogens is 1. The van der Waals surface area contributed by atoms with Crippen LogP contribution in [0.15, 0.2) is 35.7 Å². The molecule has 1 fully saturated rings. The van der Waals surface area contributed by atoms with Crippen LogP contribution in [0.5, 0.6) is 0 Å². The average molecular weight is 289 g/mol. The molecule has 20 heavy (non-hydrogen) atoms. The van der Waals surface area contributed by atoms with Crippen molar-refractivity contribution in [2.24, 2.45) is 5.73 Å². The largest absolute Gasteiger partial charge is 0.384 e. The zero-order valence-electron chi connectivity index (χ0n) is 10.7. The molecule has 0 spiro atoms. The lowest BCUT2D eigenvalue weighted by Crippen LogP contribution is -2.52. The molecule has 2 N–H and O–H groups in total. The molecule has 102 valence electrons. The van der Waals surface area contributed by atoms with Crippen LogP contribution in [0.2, 0.25) is 5.02 Å². The molecule has 0 radical (unpaired) electrons. The van der Waals surface area contributed by atoms with Gasteiger partial charge in [0.15, 0.2) is 0 Å². The van der Waals surface area contributed by atoms with E-state index in [2.05, 4.69) is 6.07 Å². The summed E-state index contributed by atoms with van der Waals surface area (Å²) in [6.45, 7) is 0.659. The quantitative estimate of drug-likeness (QED) is 0.862. The summed E-state index contributed by atoms with van der Waals surface area (Å²) < 4.78 is 0. The Labute approximate surface area is 121 Å². The van der Waals surface area contributed by atoms with Crippen molar-refractivity contribution in [3.05, 3.63) is 40.7 Å². The van der Waals surface area contributed by atoms with Gasteiger partial charge in [0.1, 0.15) is 11.9 Å². The maximum Gasteiger partial charge on any atom is 0.330 e. The van der Waals surface area contributed by atoms with E-state index < -0.39 is 0 Å². The zero-order chi connectivity index (χ0) is 14.3. The van der Waals surface area contributed by atoms with E-state index in [1.54, 1.807) is 29.2 Å². The predicted molar refractivity (Wildman–Crippen MR) is 75.9 cm³/mol. The molecule has 2 amide bonds. The Balaban J connectivity index is 2.10. The van der Waals surface area contributed by atoms with Crippen LogP contribution in [0.25, 0.3) is 0 Å². The molecule has 1 aromatic rings. The van der Waals surface area contributed by atoms with Crippen LogP contribution < -0.4 is 10.6 Å². The number of nitrogens with zero attached hydrogens (tertiary/aromatic N) is 3. The lowest BCUT2D eigenvalue weighted by atomic mass is 10.0. The molecule has 0 bridgehead atoms. The molecular weight excluding hydrogens is 276 g/mol. The van der Waals surface area contributed by atoms with Gasteiger partial charge in [-0.3, -0.25) is 0 Å². The molecule has 2 aliphatic rings. The van der Waals surface area contributed by atoms with Gasteiger partial charge in [0.05, 0.1) is 17.3 Å². The Bertz CT molecular complexity index is 632. The Morgan fingerprint density at radius 3 is 2.70 bits per heavy atom. The molecule has 2 aliphatic heterocycles. The fraction of sp³-hybridized carbons (Fsp3) is 0.286. The lowest BCUT2D eigenvalue weighted by molar-refractivity contribution is 0.203. The molecular formula is C14H13ClN4O. The third kappa shape index (κ3) is 1.81. The fourth-order valence-corrected chi connectivity index (χ4v) is 2.92. The Kier molecular flexibility index (Phi) is 3.03. The van der Waals surface area contributed by atoms with Gasteiger partial charge in [-0.05, 0) is 37.1 Å². The third-order valence-corrected chi connectivity index (χ3v) is 4.00. The summed E-state index contributed by atoms with van der Waals surface area (Å²) >= 11 is 5.86. The number of hydrogen-bond donors (Lipinski definition) is 1. The normalized spacial score (nSPS) is 22.0. The molecule has 1 aromatic carbocycles. The highest BCUT2D eigenvalue weighted by Gasteiger charge is 2.41. The van der Waals surface area contributed by atoms with Crippen LogP contribution in [0.4, 0.5) is 10.5 Å². The molecule has 6 heteroatoms. The van der Waals surface area contributed by atoms with Crippen molar-refractivity contribution in [2.75, 3.05) is 11.4 Å². The Morgan fingerprint density at radius 2 is 2.05 bits per heavy atom. The van der Waals surface area contributed by atoms with Crippen molar-refractivity contribution in [1.29, 1.82) is 5.26 Å². The van der Waals surface area contributed by atoms with E-state index in [4.69, 9.17) is 17.3 Å². The second kappa shape index (κ2) is 4.73. The fourth-order valence-electron chi connectivity index (χ4n) is 2.79. The predicted octanol–water partition coefficient (Wildman–Crippen LogP) is 2.44. The van der Waals surface area contributed by atoms with E-state index >= 15 is 0 Å². The standard InChI is InChI=1S/C14H13ClN4O/c15-9-3-5-10(6-4-9)19-13(17)11(8-16)12-2-1-7-18(12)14(19)20/h3-6,12H,1-2,7,17H2/t12-/m0/s1. The summed E-state index contributed by atoms with van der Waals surface area (Å²) in [4.78, 5) is 15.7. The van der Waals surface area contributed by atoms with Crippen LogP contribution in [0.3, 0.4) is 0 Å². The molecule has 2 heterocycles. The van der Waals surface area contributed by atoms with Gasteiger partial charge in [-0.15, -0.1) is 0 Å². The van der Waals surface area contributed by atoms with Gasteiger partial charge in [0, 0.05) is 11.6 Å². The zero-order valence-corrected chi connectivity index (χ0v) is 11.5. The number of carbonyl (C=O) groups is 1. The number of nitriles is 1. The van der Waals surface area contributed by atoms with E-state index in [1.165, 1.54) is 4.90 Å². The third-order valence-electron chi connectivity index (χ3n) is 3.75.